The molecule has 1 aromatic carbocycles. The smallest absolute Gasteiger partial charge is 0.0608 e. The topological polar surface area (TPSA) is 20.2 Å². The van der Waals surface area contributed by atoms with Crippen LogP contribution >= 0.6 is 0 Å². The standard InChI is InChI=1S/C16H26O/c1-5-14(13-9-7-6-8-10-13)15(17)11-12-16(2,3)4/h6-10,14-15,17H,5,11-12H2,1-4H3. The Hall–Kier alpha value is -0.820. The van der Waals surface area contributed by atoms with Crippen molar-refractivity contribution in [3.05, 3.63) is 35.9 Å². The summed E-state index contributed by atoms with van der Waals surface area (Å²) < 4.78 is 0. The van der Waals surface area contributed by atoms with Crippen LogP contribution in [0.25, 0.3) is 0 Å². The number of aliphatic hydroxyl groups is 1. The van der Waals surface area contributed by atoms with Gasteiger partial charge in [0.05, 0.1) is 6.10 Å². The van der Waals surface area contributed by atoms with Crippen molar-refractivity contribution in [1.82, 2.24) is 0 Å². The second kappa shape index (κ2) is 6.20. The molecule has 96 valence electrons. The Kier molecular flexibility index (Phi) is 5.20. The maximum atomic E-state index is 10.3. The van der Waals surface area contributed by atoms with E-state index in [9.17, 15) is 5.11 Å². The average Bonchev–Trinajstić information content (AvgIpc) is 2.28. The van der Waals surface area contributed by atoms with Gasteiger partial charge in [-0.3, -0.25) is 0 Å². The van der Waals surface area contributed by atoms with Gasteiger partial charge in [-0.25, -0.2) is 0 Å². The summed E-state index contributed by atoms with van der Waals surface area (Å²) in [5, 5.41) is 10.3. The molecule has 0 aliphatic carbocycles. The van der Waals surface area contributed by atoms with Gasteiger partial charge in [0.25, 0.3) is 0 Å². The summed E-state index contributed by atoms with van der Waals surface area (Å²) in [6, 6.07) is 10.4. The first-order chi connectivity index (χ1) is 7.94. The molecule has 0 amide bonds. The van der Waals surface area contributed by atoms with E-state index < -0.39 is 0 Å². The van der Waals surface area contributed by atoms with Gasteiger partial charge in [-0.1, -0.05) is 58.0 Å². The van der Waals surface area contributed by atoms with Gasteiger partial charge in [-0.2, -0.15) is 0 Å². The van der Waals surface area contributed by atoms with Crippen molar-refractivity contribution < 1.29 is 5.11 Å². The van der Waals surface area contributed by atoms with E-state index in [-0.39, 0.29) is 12.0 Å². The average molecular weight is 234 g/mol. The summed E-state index contributed by atoms with van der Waals surface area (Å²) in [4.78, 5) is 0. The van der Waals surface area contributed by atoms with Crippen LogP contribution in [0, 0.1) is 5.41 Å². The first-order valence-corrected chi connectivity index (χ1v) is 6.67. The highest BCUT2D eigenvalue weighted by molar-refractivity contribution is 5.20. The molecule has 1 rings (SSSR count). The molecule has 1 heteroatoms. The largest absolute Gasteiger partial charge is 0.392 e. The third-order valence-electron chi connectivity index (χ3n) is 3.32. The van der Waals surface area contributed by atoms with Crippen molar-refractivity contribution in [3.63, 3.8) is 0 Å². The van der Waals surface area contributed by atoms with E-state index in [1.54, 1.807) is 0 Å². The normalized spacial score (nSPS) is 15.6. The van der Waals surface area contributed by atoms with Crippen LogP contribution in [0.2, 0.25) is 0 Å². The molecule has 2 atom stereocenters. The van der Waals surface area contributed by atoms with E-state index in [1.165, 1.54) is 5.56 Å². The molecular formula is C16H26O. The first-order valence-electron chi connectivity index (χ1n) is 6.67. The second-order valence-electron chi connectivity index (χ2n) is 6.09. The van der Waals surface area contributed by atoms with Gasteiger partial charge < -0.3 is 5.11 Å². The molecule has 2 unspecified atom stereocenters. The highest BCUT2D eigenvalue weighted by atomic mass is 16.3. The Morgan fingerprint density at radius 3 is 2.18 bits per heavy atom. The molecule has 0 aromatic heterocycles. The van der Waals surface area contributed by atoms with Gasteiger partial charge in [0, 0.05) is 5.92 Å². The van der Waals surface area contributed by atoms with Crippen molar-refractivity contribution in [2.75, 3.05) is 0 Å². The highest BCUT2D eigenvalue weighted by Crippen LogP contribution is 2.29. The van der Waals surface area contributed by atoms with Crippen LogP contribution in [0.4, 0.5) is 0 Å². The van der Waals surface area contributed by atoms with Crippen LogP contribution < -0.4 is 0 Å². The summed E-state index contributed by atoms with van der Waals surface area (Å²) in [6.45, 7) is 8.83. The number of hydrogen-bond donors (Lipinski definition) is 1. The van der Waals surface area contributed by atoms with Gasteiger partial charge in [-0.15, -0.1) is 0 Å². The second-order valence-corrected chi connectivity index (χ2v) is 6.09. The van der Waals surface area contributed by atoms with E-state index in [0.29, 0.717) is 5.41 Å². The van der Waals surface area contributed by atoms with Gasteiger partial charge in [0.1, 0.15) is 0 Å². The molecule has 0 spiro atoms. The van der Waals surface area contributed by atoms with E-state index in [2.05, 4.69) is 52.0 Å². The van der Waals surface area contributed by atoms with Gasteiger partial charge in [0.2, 0.25) is 0 Å². The maximum Gasteiger partial charge on any atom is 0.0608 e. The molecule has 0 heterocycles. The minimum Gasteiger partial charge on any atom is -0.392 e. The Labute approximate surface area is 106 Å². The van der Waals surface area contributed by atoms with E-state index >= 15 is 0 Å². The zero-order chi connectivity index (χ0) is 12.9. The van der Waals surface area contributed by atoms with Crippen molar-refractivity contribution >= 4 is 0 Å². The monoisotopic (exact) mass is 234 g/mol. The summed E-state index contributed by atoms with van der Waals surface area (Å²) in [7, 11) is 0. The van der Waals surface area contributed by atoms with Gasteiger partial charge in [-0.05, 0) is 30.2 Å². The minimum atomic E-state index is -0.221. The summed E-state index contributed by atoms with van der Waals surface area (Å²) in [5.41, 5.74) is 1.56. The van der Waals surface area contributed by atoms with Crippen LogP contribution in [0.5, 0.6) is 0 Å². The molecule has 0 fully saturated rings. The molecular weight excluding hydrogens is 208 g/mol. The summed E-state index contributed by atoms with van der Waals surface area (Å²) >= 11 is 0. The van der Waals surface area contributed by atoms with Gasteiger partial charge in [0.15, 0.2) is 0 Å². The lowest BCUT2D eigenvalue weighted by atomic mass is 9.83. The maximum absolute atomic E-state index is 10.3. The fourth-order valence-electron chi connectivity index (χ4n) is 2.21. The molecule has 1 N–H and O–H groups in total. The SMILES string of the molecule is CCC(c1ccccc1)C(O)CCC(C)(C)C. The predicted octanol–water partition coefficient (Wildman–Crippen LogP) is 4.37. The lowest BCUT2D eigenvalue weighted by Crippen LogP contribution is -2.20. The Morgan fingerprint density at radius 2 is 1.71 bits per heavy atom. The number of benzene rings is 1. The molecule has 1 nitrogen and oxygen atoms in total. The molecule has 0 radical (unpaired) electrons. The Balaban J connectivity index is 2.62. The van der Waals surface area contributed by atoms with Crippen molar-refractivity contribution in [2.24, 2.45) is 5.41 Å². The molecule has 0 bridgehead atoms. The van der Waals surface area contributed by atoms with Crippen molar-refractivity contribution in [1.29, 1.82) is 0 Å². The molecule has 0 saturated carbocycles. The van der Waals surface area contributed by atoms with Gasteiger partial charge >= 0.3 is 0 Å². The summed E-state index contributed by atoms with van der Waals surface area (Å²) in [5.74, 6) is 0.276. The third kappa shape index (κ3) is 4.91. The molecule has 1 aromatic rings. The van der Waals surface area contributed by atoms with Crippen molar-refractivity contribution in [3.8, 4) is 0 Å². The van der Waals surface area contributed by atoms with E-state index in [1.807, 2.05) is 6.07 Å². The lowest BCUT2D eigenvalue weighted by Gasteiger charge is -2.25. The fraction of sp³-hybridized carbons (Fsp3) is 0.625. The predicted molar refractivity (Wildman–Crippen MR) is 74.2 cm³/mol. The number of aliphatic hydroxyl groups excluding tert-OH is 1. The van der Waals surface area contributed by atoms with Crippen molar-refractivity contribution in [2.45, 2.75) is 59.0 Å². The molecule has 0 aliphatic heterocycles. The minimum absolute atomic E-state index is 0.221. The van der Waals surface area contributed by atoms with Crippen LogP contribution in [-0.4, -0.2) is 11.2 Å². The number of hydrogen-bond acceptors (Lipinski definition) is 1. The highest BCUT2D eigenvalue weighted by Gasteiger charge is 2.21. The molecule has 17 heavy (non-hydrogen) atoms. The summed E-state index contributed by atoms with van der Waals surface area (Å²) in [6.07, 6.45) is 2.73. The third-order valence-corrected chi connectivity index (χ3v) is 3.32. The van der Waals surface area contributed by atoms with Crippen LogP contribution in [0.15, 0.2) is 30.3 Å². The van der Waals surface area contributed by atoms with Crippen LogP contribution in [0.3, 0.4) is 0 Å². The first kappa shape index (κ1) is 14.2. The molecule has 0 aliphatic rings. The van der Waals surface area contributed by atoms with Crippen LogP contribution in [0.1, 0.15) is 58.4 Å². The Bertz CT molecular complexity index is 310. The number of rotatable bonds is 5. The Morgan fingerprint density at radius 1 is 1.12 bits per heavy atom. The zero-order valence-corrected chi connectivity index (χ0v) is 11.6. The zero-order valence-electron chi connectivity index (χ0n) is 11.6. The molecule has 0 saturated heterocycles. The fourth-order valence-corrected chi connectivity index (χ4v) is 2.21. The quantitative estimate of drug-likeness (QED) is 0.802. The van der Waals surface area contributed by atoms with E-state index in [4.69, 9.17) is 0 Å². The van der Waals surface area contributed by atoms with Crippen LogP contribution in [-0.2, 0) is 0 Å². The lowest BCUT2D eigenvalue weighted by molar-refractivity contribution is 0.115. The van der Waals surface area contributed by atoms with E-state index in [0.717, 1.165) is 19.3 Å².